The van der Waals surface area contributed by atoms with Crippen molar-refractivity contribution >= 4 is 6.03 Å². The van der Waals surface area contributed by atoms with Gasteiger partial charge in [0.05, 0.1) is 12.6 Å². The van der Waals surface area contributed by atoms with Gasteiger partial charge in [-0.3, -0.25) is 0 Å². The van der Waals surface area contributed by atoms with Gasteiger partial charge in [-0.05, 0) is 86.6 Å². The van der Waals surface area contributed by atoms with Crippen LogP contribution in [-0.4, -0.2) is 48.1 Å². The maximum absolute atomic E-state index is 13.9. The Hall–Kier alpha value is -2.53. The van der Waals surface area contributed by atoms with Crippen LogP contribution in [0, 0.1) is 11.8 Å². The van der Waals surface area contributed by atoms with E-state index in [1.807, 2.05) is 12.1 Å². The summed E-state index contributed by atoms with van der Waals surface area (Å²) in [4.78, 5) is 18.3. The van der Waals surface area contributed by atoms with Crippen LogP contribution in [-0.2, 0) is 12.1 Å². The molecule has 2 saturated carbocycles. The van der Waals surface area contributed by atoms with Crippen LogP contribution in [0.5, 0.6) is 5.75 Å². The molecule has 5 nitrogen and oxygen atoms in total. The number of carbonyl (C=O) groups excluding carboxylic acids is 1. The molecular weight excluding hydrogens is 458 g/mol. The summed E-state index contributed by atoms with van der Waals surface area (Å²) >= 11 is 0. The first kappa shape index (κ1) is 26.1. The van der Waals surface area contributed by atoms with Crippen LogP contribution in [0.4, 0.5) is 4.79 Å². The Bertz CT molecular complexity index is 1020. The van der Waals surface area contributed by atoms with Gasteiger partial charge in [-0.2, -0.15) is 0 Å². The molecule has 3 aliphatic rings. The molecule has 2 aromatic rings. The average molecular weight is 504 g/mol. The van der Waals surface area contributed by atoms with Crippen LogP contribution in [0.1, 0.15) is 76.3 Å². The van der Waals surface area contributed by atoms with Crippen molar-refractivity contribution < 1.29 is 9.53 Å². The molecule has 5 rings (SSSR count). The summed E-state index contributed by atoms with van der Waals surface area (Å²) in [6.45, 7) is 8.06. The van der Waals surface area contributed by atoms with Crippen molar-refractivity contribution in [2.45, 2.75) is 82.8 Å². The molecule has 2 amide bonds. The molecule has 1 aliphatic heterocycles. The summed E-state index contributed by atoms with van der Waals surface area (Å²) < 4.78 is 5.33. The maximum atomic E-state index is 13.9. The number of benzene rings is 2. The number of amides is 2. The van der Waals surface area contributed by atoms with E-state index in [1.54, 1.807) is 7.11 Å². The summed E-state index contributed by atoms with van der Waals surface area (Å²) in [7, 11) is 1.69. The lowest BCUT2D eigenvalue weighted by Gasteiger charge is -2.49. The number of carbonyl (C=O) groups is 1. The second kappa shape index (κ2) is 11.1. The SMILES string of the molecule is COc1ccc(CN2CC3(CCC(NCCC(C)C)(c4ccccc4)CC3)N(CC3CCC3)C2=O)cc1. The number of urea groups is 1. The van der Waals surface area contributed by atoms with Crippen LogP contribution in [0.2, 0.25) is 0 Å². The van der Waals surface area contributed by atoms with E-state index in [0.29, 0.717) is 18.4 Å². The van der Waals surface area contributed by atoms with Crippen LogP contribution in [0.3, 0.4) is 0 Å². The highest BCUT2D eigenvalue weighted by atomic mass is 16.5. The Balaban J connectivity index is 1.36. The van der Waals surface area contributed by atoms with E-state index in [4.69, 9.17) is 4.74 Å². The van der Waals surface area contributed by atoms with Crippen LogP contribution in [0.15, 0.2) is 54.6 Å². The van der Waals surface area contributed by atoms with Gasteiger partial charge >= 0.3 is 6.03 Å². The summed E-state index contributed by atoms with van der Waals surface area (Å²) in [6.07, 6.45) is 9.27. The second-order valence-electron chi connectivity index (χ2n) is 12.2. The molecule has 200 valence electrons. The molecule has 0 radical (unpaired) electrons. The van der Waals surface area contributed by atoms with Crippen molar-refractivity contribution in [2.24, 2.45) is 11.8 Å². The largest absolute Gasteiger partial charge is 0.497 e. The molecule has 37 heavy (non-hydrogen) atoms. The van der Waals surface area contributed by atoms with Crippen LogP contribution in [0.25, 0.3) is 0 Å². The molecular formula is C32H45N3O2. The molecule has 1 N–H and O–H groups in total. The molecule has 1 saturated heterocycles. The van der Waals surface area contributed by atoms with Crippen LogP contribution < -0.4 is 10.1 Å². The molecule has 2 aliphatic carbocycles. The van der Waals surface area contributed by atoms with E-state index in [2.05, 4.69) is 71.4 Å². The number of nitrogens with one attached hydrogen (secondary N) is 1. The fraction of sp³-hybridized carbons (Fsp3) is 0.594. The molecule has 2 aromatic carbocycles. The van der Waals surface area contributed by atoms with E-state index < -0.39 is 0 Å². The monoisotopic (exact) mass is 503 g/mol. The van der Waals surface area contributed by atoms with Crippen molar-refractivity contribution in [1.82, 2.24) is 15.1 Å². The van der Waals surface area contributed by atoms with Crippen molar-refractivity contribution in [1.29, 1.82) is 0 Å². The van der Waals surface area contributed by atoms with E-state index in [9.17, 15) is 4.79 Å². The molecule has 1 heterocycles. The summed E-state index contributed by atoms with van der Waals surface area (Å²) in [5, 5.41) is 4.01. The number of hydrogen-bond donors (Lipinski definition) is 1. The van der Waals surface area contributed by atoms with E-state index in [-0.39, 0.29) is 17.1 Å². The van der Waals surface area contributed by atoms with Crippen molar-refractivity contribution in [3.63, 3.8) is 0 Å². The number of ether oxygens (including phenoxy) is 1. The van der Waals surface area contributed by atoms with Gasteiger partial charge in [-0.1, -0.05) is 62.7 Å². The van der Waals surface area contributed by atoms with Crippen molar-refractivity contribution in [2.75, 3.05) is 26.7 Å². The highest BCUT2D eigenvalue weighted by Crippen LogP contribution is 2.48. The van der Waals surface area contributed by atoms with Gasteiger partial charge in [0.2, 0.25) is 0 Å². The first-order valence-electron chi connectivity index (χ1n) is 14.4. The molecule has 3 fully saturated rings. The fourth-order valence-corrected chi connectivity index (χ4v) is 6.66. The zero-order valence-corrected chi connectivity index (χ0v) is 23.0. The van der Waals surface area contributed by atoms with Crippen molar-refractivity contribution in [3.05, 3.63) is 65.7 Å². The van der Waals surface area contributed by atoms with Gasteiger partial charge in [-0.25, -0.2) is 4.79 Å². The zero-order valence-electron chi connectivity index (χ0n) is 23.0. The van der Waals surface area contributed by atoms with Crippen LogP contribution >= 0.6 is 0 Å². The Kier molecular flexibility index (Phi) is 7.80. The predicted octanol–water partition coefficient (Wildman–Crippen LogP) is 6.58. The van der Waals surface area contributed by atoms with Gasteiger partial charge in [-0.15, -0.1) is 0 Å². The minimum absolute atomic E-state index is 0.00398. The van der Waals surface area contributed by atoms with Gasteiger partial charge < -0.3 is 19.9 Å². The summed E-state index contributed by atoms with van der Waals surface area (Å²) in [5.41, 5.74) is 2.51. The Morgan fingerprint density at radius 3 is 2.30 bits per heavy atom. The lowest BCUT2D eigenvalue weighted by atomic mass is 9.68. The molecule has 0 bridgehead atoms. The molecule has 0 unspecified atom stereocenters. The van der Waals surface area contributed by atoms with Gasteiger partial charge in [0.1, 0.15) is 5.75 Å². The highest BCUT2D eigenvalue weighted by molar-refractivity contribution is 5.78. The quantitative estimate of drug-likeness (QED) is 0.398. The van der Waals surface area contributed by atoms with Gasteiger partial charge in [0.25, 0.3) is 0 Å². The maximum Gasteiger partial charge on any atom is 0.320 e. The fourth-order valence-electron chi connectivity index (χ4n) is 6.66. The number of hydrogen-bond acceptors (Lipinski definition) is 3. The highest BCUT2D eigenvalue weighted by Gasteiger charge is 2.54. The number of nitrogens with zero attached hydrogens (tertiary/aromatic N) is 2. The molecule has 0 atom stereocenters. The van der Waals surface area contributed by atoms with Gasteiger partial charge in [0, 0.05) is 25.2 Å². The summed E-state index contributed by atoms with van der Waals surface area (Å²) in [5.74, 6) is 2.22. The Morgan fingerprint density at radius 2 is 1.70 bits per heavy atom. The van der Waals surface area contributed by atoms with Gasteiger partial charge in [0.15, 0.2) is 0 Å². The zero-order chi connectivity index (χ0) is 25.9. The third kappa shape index (κ3) is 5.52. The van der Waals surface area contributed by atoms with E-state index in [0.717, 1.165) is 51.1 Å². The predicted molar refractivity (Wildman–Crippen MR) is 150 cm³/mol. The first-order chi connectivity index (χ1) is 17.9. The lowest BCUT2D eigenvalue weighted by molar-refractivity contribution is 0.0557. The summed E-state index contributed by atoms with van der Waals surface area (Å²) in [6, 6.07) is 19.5. The third-order valence-electron chi connectivity index (χ3n) is 9.30. The third-order valence-corrected chi connectivity index (χ3v) is 9.30. The van der Waals surface area contributed by atoms with Crippen molar-refractivity contribution in [3.8, 4) is 5.75 Å². The first-order valence-corrected chi connectivity index (χ1v) is 14.4. The number of rotatable bonds is 10. The Morgan fingerprint density at radius 1 is 1.00 bits per heavy atom. The minimum atomic E-state index is -0.0584. The standard InChI is InChI=1S/C32H45N3O2/c1-25(2)16-21-33-32(28-10-5-4-6-11-28)19-17-31(18-20-32)24-34(22-27-12-14-29(37-3)15-13-27)30(36)35(31)23-26-8-7-9-26/h4-6,10-15,25-26,33H,7-9,16-24H2,1-3H3. The number of methoxy groups -OCH3 is 1. The van der Waals surface area contributed by atoms with E-state index in [1.165, 1.54) is 36.8 Å². The topological polar surface area (TPSA) is 44.8 Å². The molecule has 1 spiro atoms. The molecule has 5 heteroatoms. The minimum Gasteiger partial charge on any atom is -0.497 e. The second-order valence-corrected chi connectivity index (χ2v) is 12.2. The lowest BCUT2D eigenvalue weighted by Crippen LogP contribution is -2.57. The molecule has 0 aromatic heterocycles. The van der Waals surface area contributed by atoms with E-state index >= 15 is 0 Å². The average Bonchev–Trinajstić information content (AvgIpc) is 3.13. The smallest absolute Gasteiger partial charge is 0.320 e. The Labute approximate surface area is 223 Å². The normalized spacial score (nSPS) is 26.2.